The van der Waals surface area contributed by atoms with Crippen LogP contribution in [-0.4, -0.2) is 23.2 Å². The van der Waals surface area contributed by atoms with Crippen molar-refractivity contribution in [3.8, 4) is 22.6 Å². The van der Waals surface area contributed by atoms with Crippen LogP contribution >= 0.6 is 11.8 Å². The molecule has 3 rings (SSSR count). The minimum Gasteiger partial charge on any atom is -0.431 e. The van der Waals surface area contributed by atoms with Crippen LogP contribution < -0.4 is 5.32 Å². The van der Waals surface area contributed by atoms with E-state index in [4.69, 9.17) is 4.42 Å². The third-order valence-corrected chi connectivity index (χ3v) is 5.05. The molecule has 2 aromatic carbocycles. The lowest BCUT2D eigenvalue weighted by Gasteiger charge is -2.09. The molecule has 0 aliphatic carbocycles. The van der Waals surface area contributed by atoms with Gasteiger partial charge in [-0.25, -0.2) is 4.98 Å². The molecule has 128 valence electrons. The molecule has 4 nitrogen and oxygen atoms in total. The summed E-state index contributed by atoms with van der Waals surface area (Å²) < 4.78 is 6.05. The number of aromatic nitrogens is 1. The Labute approximate surface area is 151 Å². The van der Waals surface area contributed by atoms with E-state index in [0.29, 0.717) is 11.6 Å². The monoisotopic (exact) mass is 352 g/mol. The van der Waals surface area contributed by atoms with Crippen LogP contribution in [-0.2, 0) is 4.79 Å². The van der Waals surface area contributed by atoms with E-state index in [0.717, 1.165) is 22.6 Å². The van der Waals surface area contributed by atoms with Crippen LogP contribution in [0.1, 0.15) is 13.3 Å². The van der Waals surface area contributed by atoms with E-state index in [-0.39, 0.29) is 11.2 Å². The molecule has 0 aliphatic rings. The molecule has 5 heteroatoms. The predicted molar refractivity (Wildman–Crippen MR) is 101 cm³/mol. The molecule has 0 radical (unpaired) electrons. The average molecular weight is 352 g/mol. The van der Waals surface area contributed by atoms with Gasteiger partial charge in [-0.2, -0.15) is 0 Å². The molecule has 1 aromatic heterocycles. The number of nitrogens with zero attached hydrogens (tertiary/aromatic N) is 1. The minimum atomic E-state index is -0.226. The molecule has 0 spiro atoms. The van der Waals surface area contributed by atoms with Crippen molar-refractivity contribution < 1.29 is 9.21 Å². The van der Waals surface area contributed by atoms with E-state index >= 15 is 0 Å². The van der Waals surface area contributed by atoms with Gasteiger partial charge in [0.25, 0.3) is 5.22 Å². The number of nitrogens with one attached hydrogen (secondary N) is 1. The third kappa shape index (κ3) is 3.94. The molecule has 1 unspecified atom stereocenters. The summed E-state index contributed by atoms with van der Waals surface area (Å²) >= 11 is 1.36. The van der Waals surface area contributed by atoms with Crippen LogP contribution in [0.3, 0.4) is 0 Å². The Bertz CT molecular complexity index is 774. The van der Waals surface area contributed by atoms with Crippen molar-refractivity contribution >= 4 is 17.7 Å². The second-order valence-corrected chi connectivity index (χ2v) is 6.67. The zero-order valence-corrected chi connectivity index (χ0v) is 15.0. The number of hydrogen-bond donors (Lipinski definition) is 1. The van der Waals surface area contributed by atoms with Crippen molar-refractivity contribution in [1.29, 1.82) is 0 Å². The van der Waals surface area contributed by atoms with E-state index in [1.165, 1.54) is 11.8 Å². The van der Waals surface area contributed by atoms with Crippen molar-refractivity contribution in [3.63, 3.8) is 0 Å². The van der Waals surface area contributed by atoms with Gasteiger partial charge in [-0.05, 0) is 6.42 Å². The quantitative estimate of drug-likeness (QED) is 0.658. The number of benzene rings is 2. The largest absolute Gasteiger partial charge is 0.431 e. The summed E-state index contributed by atoms with van der Waals surface area (Å²) in [5, 5.41) is 2.97. The summed E-state index contributed by atoms with van der Waals surface area (Å²) in [5.41, 5.74) is 2.75. The van der Waals surface area contributed by atoms with Gasteiger partial charge >= 0.3 is 0 Å². The second kappa shape index (κ2) is 8.03. The highest BCUT2D eigenvalue weighted by atomic mass is 32.2. The van der Waals surface area contributed by atoms with Crippen molar-refractivity contribution in [2.75, 3.05) is 7.05 Å². The van der Waals surface area contributed by atoms with Gasteiger partial charge in [0.05, 0.1) is 5.25 Å². The van der Waals surface area contributed by atoms with Gasteiger partial charge in [0.2, 0.25) is 5.91 Å². The highest BCUT2D eigenvalue weighted by Gasteiger charge is 2.22. The Hall–Kier alpha value is -2.53. The first kappa shape index (κ1) is 17.3. The topological polar surface area (TPSA) is 55.1 Å². The molecule has 1 heterocycles. The van der Waals surface area contributed by atoms with E-state index in [9.17, 15) is 4.79 Å². The first-order valence-corrected chi connectivity index (χ1v) is 9.10. The Balaban J connectivity index is 2.02. The number of carbonyl (C=O) groups excluding carboxylic acids is 1. The van der Waals surface area contributed by atoms with Crippen molar-refractivity contribution in [1.82, 2.24) is 10.3 Å². The lowest BCUT2D eigenvalue weighted by Crippen LogP contribution is -2.28. The number of carbonyl (C=O) groups is 1. The van der Waals surface area contributed by atoms with Crippen LogP contribution in [0.15, 0.2) is 70.3 Å². The highest BCUT2D eigenvalue weighted by Crippen LogP contribution is 2.37. The smallest absolute Gasteiger partial charge is 0.257 e. The van der Waals surface area contributed by atoms with Crippen LogP contribution in [0, 0.1) is 0 Å². The molecular weight excluding hydrogens is 332 g/mol. The van der Waals surface area contributed by atoms with E-state index in [2.05, 4.69) is 10.3 Å². The first-order valence-electron chi connectivity index (χ1n) is 8.22. The minimum absolute atomic E-state index is 0.0202. The van der Waals surface area contributed by atoms with Gasteiger partial charge in [0.15, 0.2) is 5.76 Å². The number of hydrogen-bond acceptors (Lipinski definition) is 4. The Morgan fingerprint density at radius 2 is 1.68 bits per heavy atom. The first-order chi connectivity index (χ1) is 12.2. The van der Waals surface area contributed by atoms with Gasteiger partial charge in [0.1, 0.15) is 5.69 Å². The van der Waals surface area contributed by atoms with Crippen molar-refractivity contribution in [2.45, 2.75) is 23.8 Å². The molecule has 1 atom stereocenters. The molecule has 3 aromatic rings. The summed E-state index contributed by atoms with van der Waals surface area (Å²) in [6.45, 7) is 1.98. The number of oxazole rings is 1. The fourth-order valence-electron chi connectivity index (χ4n) is 2.53. The standard InChI is InChI=1S/C20H20N2O2S/c1-3-16(19(23)21-2)25-20-22-17(14-10-6-4-7-11-14)18(24-20)15-12-8-5-9-13-15/h4-13,16H,3H2,1-2H3,(H,21,23). The second-order valence-electron chi connectivity index (χ2n) is 5.52. The average Bonchev–Trinajstić information content (AvgIpc) is 3.11. The zero-order valence-electron chi connectivity index (χ0n) is 14.2. The van der Waals surface area contributed by atoms with Crippen LogP contribution in [0.5, 0.6) is 0 Å². The molecular formula is C20H20N2O2S. The number of amides is 1. The van der Waals surface area contributed by atoms with E-state index in [1.54, 1.807) is 7.05 Å². The summed E-state index contributed by atoms with van der Waals surface area (Å²) in [6, 6.07) is 19.8. The molecule has 0 bridgehead atoms. The lowest BCUT2D eigenvalue weighted by atomic mass is 10.1. The Kier molecular flexibility index (Phi) is 5.56. The van der Waals surface area contributed by atoms with Crippen LogP contribution in [0.25, 0.3) is 22.6 Å². The maximum absolute atomic E-state index is 12.0. The molecule has 0 fully saturated rings. The highest BCUT2D eigenvalue weighted by molar-refractivity contribution is 8.00. The maximum atomic E-state index is 12.0. The van der Waals surface area contributed by atoms with E-state index < -0.39 is 0 Å². The van der Waals surface area contributed by atoms with E-state index in [1.807, 2.05) is 67.6 Å². The lowest BCUT2D eigenvalue weighted by molar-refractivity contribution is -0.120. The molecule has 0 saturated heterocycles. The van der Waals surface area contributed by atoms with Gasteiger partial charge < -0.3 is 9.73 Å². The molecule has 1 N–H and O–H groups in total. The van der Waals surface area contributed by atoms with Crippen molar-refractivity contribution in [2.24, 2.45) is 0 Å². The Morgan fingerprint density at radius 1 is 1.08 bits per heavy atom. The Morgan fingerprint density at radius 3 is 2.24 bits per heavy atom. The normalized spacial score (nSPS) is 11.9. The van der Waals surface area contributed by atoms with Crippen molar-refractivity contribution in [3.05, 3.63) is 60.7 Å². The van der Waals surface area contributed by atoms with Gasteiger partial charge in [-0.3, -0.25) is 4.79 Å². The molecule has 0 saturated carbocycles. The van der Waals surface area contributed by atoms with Crippen LogP contribution in [0.4, 0.5) is 0 Å². The molecule has 1 amide bonds. The van der Waals surface area contributed by atoms with Gasteiger partial charge in [-0.1, -0.05) is 79.3 Å². The summed E-state index contributed by atoms with van der Waals surface area (Å²) in [7, 11) is 1.64. The fraction of sp³-hybridized carbons (Fsp3) is 0.200. The van der Waals surface area contributed by atoms with Gasteiger partial charge in [0, 0.05) is 18.2 Å². The SMILES string of the molecule is CCC(Sc1nc(-c2ccccc2)c(-c2ccccc2)o1)C(=O)NC. The molecule has 0 aliphatic heterocycles. The fourth-order valence-corrected chi connectivity index (χ4v) is 3.44. The predicted octanol–water partition coefficient (Wildman–Crippen LogP) is 4.63. The maximum Gasteiger partial charge on any atom is 0.257 e. The zero-order chi connectivity index (χ0) is 17.6. The summed E-state index contributed by atoms with van der Waals surface area (Å²) in [4.78, 5) is 16.7. The summed E-state index contributed by atoms with van der Waals surface area (Å²) in [5.74, 6) is 0.703. The number of thioether (sulfide) groups is 1. The van der Waals surface area contributed by atoms with Gasteiger partial charge in [-0.15, -0.1) is 0 Å². The third-order valence-electron chi connectivity index (χ3n) is 3.84. The summed E-state index contributed by atoms with van der Waals surface area (Å²) in [6.07, 6.45) is 0.702. The number of rotatable bonds is 6. The molecule has 25 heavy (non-hydrogen) atoms. The van der Waals surface area contributed by atoms with Crippen LogP contribution in [0.2, 0.25) is 0 Å².